The Bertz CT molecular complexity index is 2610. The van der Waals surface area contributed by atoms with Gasteiger partial charge in [0.1, 0.15) is 11.2 Å². The Balaban J connectivity index is 1.26. The smallest absolute Gasteiger partial charge is 0.160 e. The second kappa shape index (κ2) is 10.6. The number of nitrogens with zero attached hydrogens (tertiary/aromatic N) is 2. The van der Waals surface area contributed by atoms with Crippen LogP contribution < -0.4 is 0 Å². The van der Waals surface area contributed by atoms with Gasteiger partial charge in [-0.2, -0.15) is 0 Å². The van der Waals surface area contributed by atoms with Crippen LogP contribution in [0.3, 0.4) is 0 Å². The third kappa shape index (κ3) is 4.48. The molecule has 2 heterocycles. The molecule has 0 amide bonds. The summed E-state index contributed by atoms with van der Waals surface area (Å²) < 4.78 is 6.12. The zero-order chi connectivity index (χ0) is 31.5. The first-order valence-electron chi connectivity index (χ1n) is 15.5. The van der Waals surface area contributed by atoms with Gasteiger partial charge in [0, 0.05) is 33.0 Å². The van der Waals surface area contributed by atoms with Gasteiger partial charge in [0.25, 0.3) is 0 Å². The highest BCUT2D eigenvalue weighted by molar-refractivity contribution is 6.53. The first-order valence-corrected chi connectivity index (χ1v) is 15.5. The summed E-state index contributed by atoms with van der Waals surface area (Å²) >= 11 is 0. The van der Waals surface area contributed by atoms with E-state index in [0.717, 1.165) is 83.0 Å². The molecular formula is C42H26N4O. The Morgan fingerprint density at radius 2 is 1.23 bits per heavy atom. The molecule has 0 aliphatic heterocycles. The lowest BCUT2D eigenvalue weighted by Gasteiger charge is -2.16. The third-order valence-corrected chi connectivity index (χ3v) is 8.95. The maximum atomic E-state index is 8.60. The lowest BCUT2D eigenvalue weighted by atomic mass is 9.89. The van der Waals surface area contributed by atoms with Crippen molar-refractivity contribution in [3.05, 3.63) is 151 Å². The van der Waals surface area contributed by atoms with Crippen molar-refractivity contribution in [2.24, 2.45) is 0 Å². The van der Waals surface area contributed by atoms with Crippen molar-refractivity contribution in [1.82, 2.24) is 9.97 Å². The van der Waals surface area contributed by atoms with Crippen molar-refractivity contribution in [2.75, 3.05) is 0 Å². The standard InChI is InChI=1S/C42H26N4O/c43-35-20-17-26-14-15-27-22-29(16-19-31(27)40(26)41(35)44)42-45-36(28-18-21-39-34(23-28)33-12-6-7-13-38(33)47-39)24-37(46-42)32-11-5-4-10-30(32)25-8-2-1-3-9-25/h1-24,43-44H. The molecule has 6 aromatic carbocycles. The summed E-state index contributed by atoms with van der Waals surface area (Å²) in [7, 11) is 0. The normalized spacial score (nSPS) is 12.7. The van der Waals surface area contributed by atoms with Crippen LogP contribution in [0.2, 0.25) is 0 Å². The van der Waals surface area contributed by atoms with Crippen molar-refractivity contribution in [3.8, 4) is 45.0 Å². The maximum absolute atomic E-state index is 8.60. The summed E-state index contributed by atoms with van der Waals surface area (Å²) in [5, 5.41) is 20.8. The molecule has 0 saturated heterocycles. The molecule has 5 nitrogen and oxygen atoms in total. The van der Waals surface area contributed by atoms with Crippen LogP contribution in [0.4, 0.5) is 0 Å². The van der Waals surface area contributed by atoms with Crippen LogP contribution in [0.1, 0.15) is 11.1 Å². The van der Waals surface area contributed by atoms with Gasteiger partial charge in [-0.25, -0.2) is 9.97 Å². The molecule has 0 spiro atoms. The number of allylic oxidation sites excluding steroid dienone is 1. The van der Waals surface area contributed by atoms with E-state index in [1.54, 1.807) is 6.08 Å². The molecule has 9 rings (SSSR count). The van der Waals surface area contributed by atoms with Gasteiger partial charge in [-0.05, 0) is 69.9 Å². The molecule has 47 heavy (non-hydrogen) atoms. The van der Waals surface area contributed by atoms with Crippen LogP contribution in [-0.4, -0.2) is 21.4 Å². The van der Waals surface area contributed by atoms with E-state index in [2.05, 4.69) is 78.9 Å². The van der Waals surface area contributed by atoms with Gasteiger partial charge < -0.3 is 4.42 Å². The van der Waals surface area contributed by atoms with E-state index in [1.165, 1.54) is 0 Å². The van der Waals surface area contributed by atoms with E-state index in [0.29, 0.717) is 5.82 Å². The van der Waals surface area contributed by atoms with E-state index in [1.807, 2.05) is 60.7 Å². The molecule has 8 aromatic rings. The van der Waals surface area contributed by atoms with Crippen molar-refractivity contribution in [3.63, 3.8) is 0 Å². The molecule has 0 fully saturated rings. The van der Waals surface area contributed by atoms with Gasteiger partial charge in [0.2, 0.25) is 0 Å². The summed E-state index contributed by atoms with van der Waals surface area (Å²) in [6.45, 7) is 0. The highest BCUT2D eigenvalue weighted by Gasteiger charge is 2.19. The number of para-hydroxylation sites is 1. The van der Waals surface area contributed by atoms with Gasteiger partial charge in [-0.3, -0.25) is 10.8 Å². The van der Waals surface area contributed by atoms with Gasteiger partial charge in [-0.15, -0.1) is 0 Å². The monoisotopic (exact) mass is 602 g/mol. The fourth-order valence-electron chi connectivity index (χ4n) is 6.62. The zero-order valence-electron chi connectivity index (χ0n) is 25.2. The van der Waals surface area contributed by atoms with Crippen LogP contribution >= 0.6 is 0 Å². The molecule has 220 valence electrons. The largest absolute Gasteiger partial charge is 0.456 e. The average Bonchev–Trinajstić information content (AvgIpc) is 3.51. The molecule has 0 atom stereocenters. The number of furan rings is 1. The SMILES string of the molecule is N=C1C=Cc2ccc3cc(-c4nc(-c5ccc6oc7ccccc7c6c5)cc(-c5ccccc5-c5ccccc5)n4)ccc3c2C1=N. The van der Waals surface area contributed by atoms with Crippen LogP contribution in [0.15, 0.2) is 144 Å². The van der Waals surface area contributed by atoms with Crippen molar-refractivity contribution in [1.29, 1.82) is 10.8 Å². The molecule has 1 aliphatic rings. The third-order valence-electron chi connectivity index (χ3n) is 8.95. The summed E-state index contributed by atoms with van der Waals surface area (Å²) in [4.78, 5) is 10.4. The summed E-state index contributed by atoms with van der Waals surface area (Å²) in [6, 6.07) is 45.4. The molecule has 0 radical (unpaired) electrons. The van der Waals surface area contributed by atoms with Crippen LogP contribution in [0.5, 0.6) is 0 Å². The Labute approximate surface area is 270 Å². The van der Waals surface area contributed by atoms with Crippen molar-refractivity contribution < 1.29 is 4.42 Å². The highest BCUT2D eigenvalue weighted by Crippen LogP contribution is 2.37. The minimum Gasteiger partial charge on any atom is -0.456 e. The Morgan fingerprint density at radius 3 is 2.13 bits per heavy atom. The average molecular weight is 603 g/mol. The zero-order valence-corrected chi connectivity index (χ0v) is 25.2. The molecule has 0 saturated carbocycles. The van der Waals surface area contributed by atoms with Gasteiger partial charge in [-0.1, -0.05) is 103 Å². The minimum atomic E-state index is 0.217. The molecule has 0 unspecified atom stereocenters. The van der Waals surface area contributed by atoms with Crippen molar-refractivity contribution >= 4 is 50.2 Å². The predicted octanol–water partition coefficient (Wildman–Crippen LogP) is 10.6. The molecule has 1 aliphatic carbocycles. The molecule has 2 N–H and O–H groups in total. The first-order chi connectivity index (χ1) is 23.1. The van der Waals surface area contributed by atoms with Crippen LogP contribution in [0, 0.1) is 10.8 Å². The van der Waals surface area contributed by atoms with E-state index < -0.39 is 0 Å². The first kappa shape index (κ1) is 26.9. The molecule has 2 aromatic heterocycles. The number of hydrogen-bond donors (Lipinski definition) is 2. The lowest BCUT2D eigenvalue weighted by molar-refractivity contribution is 0.669. The summed E-state index contributed by atoms with van der Waals surface area (Å²) in [5.41, 5.74) is 10.6. The van der Waals surface area contributed by atoms with Gasteiger partial charge in [0.05, 0.1) is 22.8 Å². The quantitative estimate of drug-likeness (QED) is 0.210. The number of nitrogens with one attached hydrogen (secondary N) is 2. The number of fused-ring (bicyclic) bond motifs is 6. The summed E-state index contributed by atoms with van der Waals surface area (Å²) in [6.07, 6.45) is 3.59. The van der Waals surface area contributed by atoms with E-state index in [-0.39, 0.29) is 11.4 Å². The second-order valence-electron chi connectivity index (χ2n) is 11.8. The summed E-state index contributed by atoms with van der Waals surface area (Å²) in [5.74, 6) is 0.611. The second-order valence-corrected chi connectivity index (χ2v) is 11.8. The fourth-order valence-corrected chi connectivity index (χ4v) is 6.62. The number of hydrogen-bond acceptors (Lipinski definition) is 5. The van der Waals surface area contributed by atoms with Crippen LogP contribution in [-0.2, 0) is 0 Å². The topological polar surface area (TPSA) is 86.6 Å². The maximum Gasteiger partial charge on any atom is 0.160 e. The Hall–Kier alpha value is -6.46. The van der Waals surface area contributed by atoms with Crippen molar-refractivity contribution in [2.45, 2.75) is 0 Å². The van der Waals surface area contributed by atoms with Gasteiger partial charge in [0.15, 0.2) is 5.82 Å². The molecular weight excluding hydrogens is 576 g/mol. The van der Waals surface area contributed by atoms with E-state index in [9.17, 15) is 0 Å². The van der Waals surface area contributed by atoms with E-state index in [4.69, 9.17) is 25.2 Å². The highest BCUT2D eigenvalue weighted by atomic mass is 16.3. The minimum absolute atomic E-state index is 0.217. The van der Waals surface area contributed by atoms with Gasteiger partial charge >= 0.3 is 0 Å². The molecule has 5 heteroatoms. The molecule has 0 bridgehead atoms. The van der Waals surface area contributed by atoms with E-state index >= 15 is 0 Å². The lowest BCUT2D eigenvalue weighted by Crippen LogP contribution is -2.16. The number of rotatable bonds is 4. The predicted molar refractivity (Wildman–Crippen MR) is 192 cm³/mol. The number of benzene rings is 6. The van der Waals surface area contributed by atoms with Crippen LogP contribution in [0.25, 0.3) is 83.8 Å². The Kier molecular flexibility index (Phi) is 6.05. The Morgan fingerprint density at radius 1 is 0.489 bits per heavy atom. The number of aromatic nitrogens is 2. The fraction of sp³-hybridized carbons (Fsp3) is 0.